The highest BCUT2D eigenvalue weighted by Crippen LogP contribution is 2.03. The van der Waals surface area contributed by atoms with Gasteiger partial charge >= 0.3 is 0 Å². The molecule has 0 bridgehead atoms. The number of hydrogen-bond donors (Lipinski definition) is 0. The fourth-order valence-corrected chi connectivity index (χ4v) is 1.44. The maximum absolute atomic E-state index is 5.09. The van der Waals surface area contributed by atoms with Crippen molar-refractivity contribution in [2.24, 2.45) is 5.16 Å². The fraction of sp³-hybridized carbons (Fsp3) is 0.750. The second-order valence-corrected chi connectivity index (χ2v) is 3.89. The molecule has 0 rings (SSSR count). The summed E-state index contributed by atoms with van der Waals surface area (Å²) in [5, 5.41) is 3.73. The Hall–Kier alpha value is -1.01. The van der Waals surface area contributed by atoms with Crippen LogP contribution in [0.5, 0.6) is 0 Å². The van der Waals surface area contributed by atoms with E-state index < -0.39 is 0 Å². The van der Waals surface area contributed by atoms with Gasteiger partial charge in [-0.15, -0.1) is 5.92 Å². The number of hydrogen-bond acceptors (Lipinski definition) is 3. The second-order valence-electron chi connectivity index (χ2n) is 3.89. The zero-order chi connectivity index (χ0) is 11.7. The van der Waals surface area contributed by atoms with Gasteiger partial charge in [0.1, 0.15) is 12.8 Å². The number of nitrogens with zero attached hydrogens (tertiary/aromatic N) is 2. The quantitative estimate of drug-likeness (QED) is 0.290. The van der Waals surface area contributed by atoms with E-state index in [9.17, 15) is 0 Å². The molecule has 0 saturated carbocycles. The predicted octanol–water partition coefficient (Wildman–Crippen LogP) is 2.13. The molecule has 0 aliphatic heterocycles. The lowest BCUT2D eigenvalue weighted by molar-refractivity contribution is 0.0838. The fourth-order valence-electron chi connectivity index (χ4n) is 1.44. The van der Waals surface area contributed by atoms with Gasteiger partial charge < -0.3 is 4.84 Å². The molecule has 0 aliphatic carbocycles. The molecule has 0 amide bonds. The van der Waals surface area contributed by atoms with Crippen LogP contribution < -0.4 is 0 Å². The molecule has 0 unspecified atom stereocenters. The van der Waals surface area contributed by atoms with Crippen LogP contribution in [0, 0.1) is 11.8 Å². The van der Waals surface area contributed by atoms with E-state index in [-0.39, 0.29) is 0 Å². The summed E-state index contributed by atoms with van der Waals surface area (Å²) < 4.78 is 0. The standard InChI is InChI=1S/C12H22N2O/c1-6-7-8-13-15-10-9-14(11(2)3)12(4)5/h8,11-12H,9-10H2,1-5H3/b13-8+. The molecule has 0 aromatic rings. The Kier molecular flexibility index (Phi) is 7.75. The lowest BCUT2D eigenvalue weighted by Gasteiger charge is -2.29. The summed E-state index contributed by atoms with van der Waals surface area (Å²) in [6, 6.07) is 1.07. The van der Waals surface area contributed by atoms with Crippen molar-refractivity contribution >= 4 is 6.21 Å². The zero-order valence-electron chi connectivity index (χ0n) is 10.4. The predicted molar refractivity (Wildman–Crippen MR) is 64.9 cm³/mol. The minimum atomic E-state index is 0.535. The van der Waals surface area contributed by atoms with Crippen LogP contribution in [0.3, 0.4) is 0 Å². The van der Waals surface area contributed by atoms with E-state index in [1.54, 1.807) is 6.92 Å². The highest BCUT2D eigenvalue weighted by atomic mass is 16.6. The third-order valence-corrected chi connectivity index (χ3v) is 2.10. The largest absolute Gasteiger partial charge is 0.394 e. The molecule has 3 heteroatoms. The maximum Gasteiger partial charge on any atom is 0.129 e. The topological polar surface area (TPSA) is 24.8 Å². The van der Waals surface area contributed by atoms with Crippen molar-refractivity contribution in [3.05, 3.63) is 0 Å². The third-order valence-electron chi connectivity index (χ3n) is 2.10. The molecule has 0 aromatic heterocycles. The van der Waals surface area contributed by atoms with Gasteiger partial charge in [0, 0.05) is 18.6 Å². The lowest BCUT2D eigenvalue weighted by Crippen LogP contribution is -2.39. The third kappa shape index (κ3) is 6.98. The Labute approximate surface area is 93.5 Å². The molecule has 3 nitrogen and oxygen atoms in total. The Morgan fingerprint density at radius 2 is 1.87 bits per heavy atom. The summed E-state index contributed by atoms with van der Waals surface area (Å²) in [5.74, 6) is 5.42. The van der Waals surface area contributed by atoms with Crippen molar-refractivity contribution in [2.75, 3.05) is 13.2 Å². The zero-order valence-corrected chi connectivity index (χ0v) is 10.4. The molecule has 0 spiro atoms. The highest BCUT2D eigenvalue weighted by molar-refractivity contribution is 5.77. The van der Waals surface area contributed by atoms with Gasteiger partial charge in [0.25, 0.3) is 0 Å². The summed E-state index contributed by atoms with van der Waals surface area (Å²) in [4.78, 5) is 7.45. The van der Waals surface area contributed by atoms with Gasteiger partial charge in [-0.1, -0.05) is 11.1 Å². The van der Waals surface area contributed by atoms with E-state index in [2.05, 4.69) is 49.6 Å². The van der Waals surface area contributed by atoms with Crippen LogP contribution in [0.25, 0.3) is 0 Å². The van der Waals surface area contributed by atoms with Crippen LogP contribution in [0.4, 0.5) is 0 Å². The molecule has 0 atom stereocenters. The monoisotopic (exact) mass is 210 g/mol. The van der Waals surface area contributed by atoms with Crippen LogP contribution in [0.1, 0.15) is 34.6 Å². The maximum atomic E-state index is 5.09. The molecule has 0 N–H and O–H groups in total. The van der Waals surface area contributed by atoms with Crippen molar-refractivity contribution in [1.82, 2.24) is 4.90 Å². The van der Waals surface area contributed by atoms with Gasteiger partial charge in [-0.25, -0.2) is 0 Å². The van der Waals surface area contributed by atoms with E-state index in [1.807, 2.05) is 0 Å². The van der Waals surface area contributed by atoms with E-state index in [4.69, 9.17) is 4.84 Å². The summed E-state index contributed by atoms with van der Waals surface area (Å²) in [7, 11) is 0. The number of oxime groups is 1. The molecular formula is C12H22N2O. The molecule has 0 fully saturated rings. The SMILES string of the molecule is CC#C/C=N/OCCN(C(C)C)C(C)C. The van der Waals surface area contributed by atoms with Gasteiger partial charge in [-0.2, -0.15) is 0 Å². The van der Waals surface area contributed by atoms with E-state index in [0.717, 1.165) is 6.54 Å². The highest BCUT2D eigenvalue weighted by Gasteiger charge is 2.12. The summed E-state index contributed by atoms with van der Waals surface area (Å²) >= 11 is 0. The van der Waals surface area contributed by atoms with Gasteiger partial charge in [-0.05, 0) is 34.6 Å². The van der Waals surface area contributed by atoms with E-state index in [0.29, 0.717) is 18.7 Å². The van der Waals surface area contributed by atoms with Gasteiger partial charge in [0.15, 0.2) is 0 Å². The molecule has 0 aromatic carbocycles. The minimum Gasteiger partial charge on any atom is -0.394 e. The lowest BCUT2D eigenvalue weighted by atomic mass is 10.2. The summed E-state index contributed by atoms with van der Waals surface area (Å²) in [6.07, 6.45) is 1.48. The van der Waals surface area contributed by atoms with Crippen molar-refractivity contribution in [3.63, 3.8) is 0 Å². The van der Waals surface area contributed by atoms with Crippen molar-refractivity contribution < 1.29 is 4.84 Å². The Morgan fingerprint density at radius 3 is 2.33 bits per heavy atom. The summed E-state index contributed by atoms with van der Waals surface area (Å²) in [6.45, 7) is 12.0. The first-order valence-electron chi connectivity index (χ1n) is 5.41. The van der Waals surface area contributed by atoms with Crippen molar-refractivity contribution in [2.45, 2.75) is 46.7 Å². The van der Waals surface area contributed by atoms with E-state index in [1.165, 1.54) is 6.21 Å². The van der Waals surface area contributed by atoms with Crippen molar-refractivity contribution in [1.29, 1.82) is 0 Å². The van der Waals surface area contributed by atoms with Gasteiger partial charge in [-0.3, -0.25) is 4.90 Å². The number of rotatable bonds is 6. The second kappa shape index (κ2) is 8.31. The molecule has 0 radical (unpaired) electrons. The summed E-state index contributed by atoms with van der Waals surface area (Å²) in [5.41, 5.74) is 0. The average Bonchev–Trinajstić information content (AvgIpc) is 2.15. The van der Waals surface area contributed by atoms with Crippen LogP contribution in [0.2, 0.25) is 0 Å². The Balaban J connectivity index is 3.75. The van der Waals surface area contributed by atoms with Gasteiger partial charge in [0.05, 0.1) is 0 Å². The van der Waals surface area contributed by atoms with Crippen LogP contribution in [0.15, 0.2) is 5.16 Å². The normalized spacial score (nSPS) is 11.2. The van der Waals surface area contributed by atoms with Crippen LogP contribution >= 0.6 is 0 Å². The minimum absolute atomic E-state index is 0.535. The first-order chi connectivity index (χ1) is 7.09. The molecule has 0 saturated heterocycles. The van der Waals surface area contributed by atoms with Crippen LogP contribution in [-0.4, -0.2) is 36.3 Å². The first kappa shape index (κ1) is 14.0. The first-order valence-corrected chi connectivity index (χ1v) is 5.41. The molecule has 0 aliphatic rings. The Bertz CT molecular complexity index is 228. The average molecular weight is 210 g/mol. The molecule has 15 heavy (non-hydrogen) atoms. The van der Waals surface area contributed by atoms with Crippen molar-refractivity contribution in [3.8, 4) is 11.8 Å². The van der Waals surface area contributed by atoms with Crippen LogP contribution in [-0.2, 0) is 4.84 Å². The molecule has 0 heterocycles. The molecular weight excluding hydrogens is 188 g/mol. The Morgan fingerprint density at radius 1 is 1.27 bits per heavy atom. The van der Waals surface area contributed by atoms with Gasteiger partial charge in [0.2, 0.25) is 0 Å². The molecule has 86 valence electrons. The van der Waals surface area contributed by atoms with E-state index >= 15 is 0 Å². The smallest absolute Gasteiger partial charge is 0.129 e.